The van der Waals surface area contributed by atoms with E-state index >= 15 is 0 Å². The van der Waals surface area contributed by atoms with Gasteiger partial charge in [-0.15, -0.1) is 0 Å². The number of unbranched alkanes of at least 4 members (excludes halogenated alkanes) is 23. The molecule has 0 aromatic carbocycles. The van der Waals surface area contributed by atoms with Crippen molar-refractivity contribution >= 4 is 22.1 Å². The monoisotopic (exact) mass is 861 g/mol. The highest BCUT2D eigenvalue weighted by atomic mass is 32.2. The summed E-state index contributed by atoms with van der Waals surface area (Å²) < 4.78 is 54.0. The lowest BCUT2D eigenvalue weighted by atomic mass is 10.00. The van der Waals surface area contributed by atoms with Crippen molar-refractivity contribution < 1.29 is 56.8 Å². The van der Waals surface area contributed by atoms with E-state index in [1.165, 1.54) is 122 Å². The molecule has 346 valence electrons. The van der Waals surface area contributed by atoms with E-state index in [-0.39, 0.29) is 19.4 Å². The molecule has 0 amide bonds. The maximum atomic E-state index is 12.8. The fourth-order valence-electron chi connectivity index (χ4n) is 7.13. The Balaban J connectivity index is 2.45. The largest absolute Gasteiger partial charge is 0.462 e. The first kappa shape index (κ1) is 55.1. The van der Waals surface area contributed by atoms with E-state index < -0.39 is 71.2 Å². The summed E-state index contributed by atoms with van der Waals surface area (Å²) in [6.07, 6.45) is 30.9. The van der Waals surface area contributed by atoms with Gasteiger partial charge in [-0.3, -0.25) is 14.1 Å². The van der Waals surface area contributed by atoms with E-state index in [2.05, 4.69) is 32.1 Å². The molecule has 0 aromatic rings. The van der Waals surface area contributed by atoms with E-state index in [9.17, 15) is 37.9 Å². The summed E-state index contributed by atoms with van der Waals surface area (Å²) in [6.45, 7) is 3.73. The van der Waals surface area contributed by atoms with E-state index in [0.717, 1.165) is 32.1 Å². The molecular weight excluding hydrogens is 777 g/mol. The van der Waals surface area contributed by atoms with Gasteiger partial charge in [-0.1, -0.05) is 173 Å². The third-order valence-electron chi connectivity index (χ3n) is 10.8. The van der Waals surface area contributed by atoms with Gasteiger partial charge in [-0.2, -0.15) is 8.42 Å². The first-order valence-electron chi connectivity index (χ1n) is 23.4. The molecule has 1 saturated heterocycles. The van der Waals surface area contributed by atoms with Crippen LogP contribution in [0.1, 0.15) is 200 Å². The molecule has 0 spiro atoms. The van der Waals surface area contributed by atoms with Crippen LogP contribution in [0.3, 0.4) is 0 Å². The molecule has 0 radical (unpaired) electrons. The Morgan fingerprint density at radius 3 is 1.54 bits per heavy atom. The number of carbonyl (C=O) groups is 2. The maximum absolute atomic E-state index is 12.8. The minimum absolute atomic E-state index is 0.158. The SMILES string of the molecule is CCCCCCCCCCC/C=C/C/C=C/CCCC(=O)OC[C@H](CO[C@H]1O[C@H](CS(=O)(=O)O)[C@@H](O)C(O)C1O)OC(=O)CCCCCCCCCCCCCCCC. The van der Waals surface area contributed by atoms with Gasteiger partial charge >= 0.3 is 11.9 Å². The van der Waals surface area contributed by atoms with Crippen molar-refractivity contribution in [2.45, 2.75) is 237 Å². The predicted octanol–water partition coefficient (Wildman–Crippen LogP) is 9.62. The van der Waals surface area contributed by atoms with E-state index in [1.807, 2.05) is 6.08 Å². The lowest BCUT2D eigenvalue weighted by molar-refractivity contribution is -0.297. The molecule has 4 N–H and O–H groups in total. The molecule has 2 unspecified atom stereocenters. The molecule has 0 aromatic heterocycles. The normalized spacial score (nSPS) is 20.4. The molecule has 1 heterocycles. The zero-order valence-corrected chi connectivity index (χ0v) is 37.7. The maximum Gasteiger partial charge on any atom is 0.306 e. The Morgan fingerprint density at radius 1 is 0.576 bits per heavy atom. The van der Waals surface area contributed by atoms with Crippen molar-refractivity contribution in [2.24, 2.45) is 0 Å². The van der Waals surface area contributed by atoms with E-state index in [0.29, 0.717) is 19.3 Å². The minimum atomic E-state index is -4.60. The fourth-order valence-corrected chi connectivity index (χ4v) is 7.82. The number of aliphatic hydroxyl groups excluding tert-OH is 3. The quantitative estimate of drug-likeness (QED) is 0.0199. The molecule has 1 fully saturated rings. The van der Waals surface area contributed by atoms with Crippen LogP contribution in [0, 0.1) is 0 Å². The number of hydrogen-bond donors (Lipinski definition) is 4. The highest BCUT2D eigenvalue weighted by Crippen LogP contribution is 2.24. The highest BCUT2D eigenvalue weighted by molar-refractivity contribution is 7.85. The molecule has 0 aliphatic carbocycles. The standard InChI is InChI=1S/C46H84O12S/c1-3-5-7-9-11-13-15-17-19-20-21-23-24-26-28-30-32-34-41(47)55-36-39(37-56-46-45(51)44(50)43(49)40(58-46)38-59(52,53)54)57-42(48)35-33-31-29-27-25-22-18-16-14-12-10-8-6-4-2/h21,23,26,28,39-40,43-46,49-51H,3-20,22,24-25,27,29-38H2,1-2H3,(H,52,53,54)/b23-21+,28-26+/t39-,40-,43-,44?,45?,46+/m1/s1. The van der Waals surface area contributed by atoms with Crippen LogP contribution in [0.4, 0.5) is 0 Å². The first-order chi connectivity index (χ1) is 28.5. The number of esters is 2. The zero-order valence-electron chi connectivity index (χ0n) is 36.9. The Bertz CT molecular complexity index is 1190. The predicted molar refractivity (Wildman–Crippen MR) is 233 cm³/mol. The van der Waals surface area contributed by atoms with E-state index in [4.69, 9.17) is 18.9 Å². The molecular formula is C46H84O12S. The van der Waals surface area contributed by atoms with Gasteiger partial charge in [0.25, 0.3) is 10.1 Å². The van der Waals surface area contributed by atoms with Gasteiger partial charge in [0.1, 0.15) is 36.8 Å². The summed E-state index contributed by atoms with van der Waals surface area (Å²) in [6, 6.07) is 0. The summed E-state index contributed by atoms with van der Waals surface area (Å²) >= 11 is 0. The van der Waals surface area contributed by atoms with Crippen molar-refractivity contribution in [1.82, 2.24) is 0 Å². The fraction of sp³-hybridized carbons (Fsp3) is 0.870. The van der Waals surface area contributed by atoms with Gasteiger partial charge in [0.15, 0.2) is 12.4 Å². The van der Waals surface area contributed by atoms with Gasteiger partial charge in [-0.25, -0.2) is 0 Å². The third-order valence-corrected chi connectivity index (χ3v) is 11.5. The molecule has 1 aliphatic rings. The Labute approximate surface area is 358 Å². The highest BCUT2D eigenvalue weighted by Gasteiger charge is 2.46. The Hall–Kier alpha value is -1.87. The third kappa shape index (κ3) is 31.6. The molecule has 12 nitrogen and oxygen atoms in total. The summed E-state index contributed by atoms with van der Waals surface area (Å²) in [4.78, 5) is 25.4. The Kier molecular flexibility index (Phi) is 34.4. The van der Waals surface area contributed by atoms with Gasteiger partial charge < -0.3 is 34.3 Å². The van der Waals surface area contributed by atoms with Crippen molar-refractivity contribution in [3.63, 3.8) is 0 Å². The number of carbonyl (C=O) groups excluding carboxylic acids is 2. The first-order valence-corrected chi connectivity index (χ1v) is 25.0. The van der Waals surface area contributed by atoms with Crippen LogP contribution in [-0.2, 0) is 38.7 Å². The Morgan fingerprint density at radius 2 is 1.03 bits per heavy atom. The number of rotatable bonds is 39. The van der Waals surface area contributed by atoms with Crippen LogP contribution in [0.5, 0.6) is 0 Å². The topological polar surface area (TPSA) is 186 Å². The molecule has 0 saturated carbocycles. The molecule has 1 rings (SSSR count). The average molecular weight is 861 g/mol. The number of hydrogen-bond acceptors (Lipinski definition) is 11. The number of ether oxygens (including phenoxy) is 4. The number of allylic oxidation sites excluding steroid dienone is 4. The van der Waals surface area contributed by atoms with Crippen LogP contribution in [0.2, 0.25) is 0 Å². The summed E-state index contributed by atoms with van der Waals surface area (Å²) in [7, 11) is -4.60. The van der Waals surface area contributed by atoms with Crippen LogP contribution in [-0.4, -0.2) is 96.0 Å². The van der Waals surface area contributed by atoms with Gasteiger partial charge in [-0.05, 0) is 38.5 Å². The molecule has 6 atom stereocenters. The van der Waals surface area contributed by atoms with Gasteiger partial charge in [0.05, 0.1) is 6.61 Å². The number of aliphatic hydroxyl groups is 3. The van der Waals surface area contributed by atoms with Crippen LogP contribution >= 0.6 is 0 Å². The lowest BCUT2D eigenvalue weighted by Gasteiger charge is -2.40. The molecule has 13 heteroatoms. The van der Waals surface area contributed by atoms with Crippen molar-refractivity contribution in [3.05, 3.63) is 24.3 Å². The molecule has 1 aliphatic heterocycles. The van der Waals surface area contributed by atoms with Crippen LogP contribution < -0.4 is 0 Å². The van der Waals surface area contributed by atoms with Gasteiger partial charge in [0, 0.05) is 12.8 Å². The van der Waals surface area contributed by atoms with Crippen molar-refractivity contribution in [3.8, 4) is 0 Å². The second kappa shape index (κ2) is 36.8. The van der Waals surface area contributed by atoms with Crippen LogP contribution in [0.25, 0.3) is 0 Å². The van der Waals surface area contributed by atoms with Crippen molar-refractivity contribution in [2.75, 3.05) is 19.0 Å². The van der Waals surface area contributed by atoms with E-state index in [1.54, 1.807) is 0 Å². The summed E-state index contributed by atoms with van der Waals surface area (Å²) in [5, 5.41) is 30.9. The van der Waals surface area contributed by atoms with Crippen molar-refractivity contribution in [1.29, 1.82) is 0 Å². The van der Waals surface area contributed by atoms with Crippen LogP contribution in [0.15, 0.2) is 24.3 Å². The minimum Gasteiger partial charge on any atom is -0.462 e. The second-order valence-electron chi connectivity index (χ2n) is 16.4. The summed E-state index contributed by atoms with van der Waals surface area (Å²) in [5.41, 5.74) is 0. The second-order valence-corrected chi connectivity index (χ2v) is 17.9. The zero-order chi connectivity index (χ0) is 43.4. The van der Waals surface area contributed by atoms with Gasteiger partial charge in [0.2, 0.25) is 0 Å². The smallest absolute Gasteiger partial charge is 0.306 e. The lowest BCUT2D eigenvalue weighted by Crippen LogP contribution is -2.60. The molecule has 59 heavy (non-hydrogen) atoms. The average Bonchev–Trinajstić information content (AvgIpc) is 3.20. The molecule has 0 bridgehead atoms. The summed E-state index contributed by atoms with van der Waals surface area (Å²) in [5.74, 6) is -2.03.